The van der Waals surface area contributed by atoms with E-state index in [9.17, 15) is 22.0 Å². The summed E-state index contributed by atoms with van der Waals surface area (Å²) in [5.41, 5.74) is -0.758. The molecule has 0 fully saturated rings. The van der Waals surface area contributed by atoms with E-state index in [-0.39, 0.29) is 12.7 Å². The van der Waals surface area contributed by atoms with Gasteiger partial charge in [0.1, 0.15) is 12.3 Å². The second kappa shape index (κ2) is 6.47. The molecule has 0 saturated heterocycles. The lowest BCUT2D eigenvalue weighted by Crippen LogP contribution is -2.22. The molecule has 9 heteroatoms. The van der Waals surface area contributed by atoms with Crippen molar-refractivity contribution in [2.24, 2.45) is 0 Å². The lowest BCUT2D eigenvalue weighted by Gasteiger charge is -2.10. The molecule has 0 unspecified atom stereocenters. The van der Waals surface area contributed by atoms with Crippen molar-refractivity contribution in [2.75, 3.05) is 11.9 Å². The van der Waals surface area contributed by atoms with Gasteiger partial charge in [-0.1, -0.05) is 0 Å². The average Bonchev–Trinajstić information content (AvgIpc) is 2.29. The lowest BCUT2D eigenvalue weighted by atomic mass is 10.3. The van der Waals surface area contributed by atoms with Crippen LogP contribution in [0.25, 0.3) is 0 Å². The van der Waals surface area contributed by atoms with Gasteiger partial charge in [0.15, 0.2) is 11.6 Å². The molecule has 1 aromatic carbocycles. The predicted molar refractivity (Wildman–Crippen MR) is 69.1 cm³/mol. The first kappa shape index (κ1) is 16.8. The molecule has 0 aliphatic heterocycles. The number of halogens is 3. The van der Waals surface area contributed by atoms with E-state index >= 15 is 0 Å². The Morgan fingerprint density at radius 2 is 1.85 bits per heavy atom. The van der Waals surface area contributed by atoms with Gasteiger partial charge in [0, 0.05) is 10.7 Å². The Morgan fingerprint density at radius 1 is 1.35 bits per heavy atom. The molecule has 112 valence electrons. The van der Waals surface area contributed by atoms with Crippen LogP contribution in [0.3, 0.4) is 0 Å². The summed E-state index contributed by atoms with van der Waals surface area (Å²) in [6.45, 7) is 3.00. The smallest absolute Gasteiger partial charge is 0.261 e. The molecule has 1 rings (SSSR count). The summed E-state index contributed by atoms with van der Waals surface area (Å²) >= 11 is 0. The molecule has 0 saturated carbocycles. The first-order chi connectivity index (χ1) is 9.11. The van der Waals surface area contributed by atoms with Gasteiger partial charge in [0.25, 0.3) is 15.0 Å². The normalized spacial score (nSPS) is 11.7. The number of hydrogen-bond donors (Lipinski definition) is 1. The number of nitrogens with one attached hydrogen (secondary N) is 1. The quantitative estimate of drug-likeness (QED) is 0.842. The topological polar surface area (TPSA) is 72.5 Å². The molecule has 1 N–H and O–H groups in total. The summed E-state index contributed by atoms with van der Waals surface area (Å²) in [5, 5.41) is 1.96. The Hall–Kier alpha value is -1.25. The van der Waals surface area contributed by atoms with E-state index in [1.54, 1.807) is 13.8 Å². The van der Waals surface area contributed by atoms with Crippen LogP contribution in [-0.2, 0) is 18.6 Å². The predicted octanol–water partition coefficient (Wildman–Crippen LogP) is 2.26. The molecule has 0 atom stereocenters. The summed E-state index contributed by atoms with van der Waals surface area (Å²) < 4.78 is 54.1. The molecule has 0 spiro atoms. The zero-order valence-corrected chi connectivity index (χ0v) is 12.2. The zero-order chi connectivity index (χ0) is 15.5. The van der Waals surface area contributed by atoms with Crippen LogP contribution in [0.4, 0.5) is 14.5 Å². The van der Waals surface area contributed by atoms with Gasteiger partial charge in [-0.25, -0.2) is 17.2 Å². The van der Waals surface area contributed by atoms with Crippen LogP contribution in [0, 0.1) is 11.6 Å². The van der Waals surface area contributed by atoms with Crippen molar-refractivity contribution in [3.05, 3.63) is 23.8 Å². The molecule has 5 nitrogen and oxygen atoms in total. The molecule has 0 aliphatic carbocycles. The summed E-state index contributed by atoms with van der Waals surface area (Å²) in [5.74, 6) is -3.26. The van der Waals surface area contributed by atoms with E-state index in [0.29, 0.717) is 12.1 Å². The highest BCUT2D eigenvalue weighted by molar-refractivity contribution is 8.13. The minimum Gasteiger partial charge on any atom is -0.369 e. The fourth-order valence-electron chi connectivity index (χ4n) is 1.23. The first-order valence-corrected chi connectivity index (χ1v) is 7.77. The highest BCUT2D eigenvalue weighted by Crippen LogP contribution is 2.25. The van der Waals surface area contributed by atoms with Gasteiger partial charge in [0.2, 0.25) is 0 Å². The Kier molecular flexibility index (Phi) is 5.43. The third kappa shape index (κ3) is 4.69. The van der Waals surface area contributed by atoms with E-state index < -0.39 is 37.2 Å². The summed E-state index contributed by atoms with van der Waals surface area (Å²) in [7, 11) is 0.717. The van der Waals surface area contributed by atoms with Crippen molar-refractivity contribution in [3.8, 4) is 0 Å². The number of anilines is 1. The zero-order valence-electron chi connectivity index (χ0n) is 10.6. The largest absolute Gasteiger partial charge is 0.369 e. The number of amides is 1. The van der Waals surface area contributed by atoms with E-state index in [1.807, 2.05) is 5.32 Å². The van der Waals surface area contributed by atoms with Crippen molar-refractivity contribution in [3.63, 3.8) is 0 Å². The molecular formula is C11H12ClF2NO4S. The standard InChI is InChI=1S/C11H12ClF2NO4S/c1-6(2)19-5-10(16)15-11-8(13)3-7(4-9(11)14)20(12,17)18/h3-4,6H,5H2,1-2H3,(H,15,16). The molecule has 0 bridgehead atoms. The SMILES string of the molecule is CC(C)OCC(=O)Nc1c(F)cc(S(=O)(=O)Cl)cc1F. The van der Waals surface area contributed by atoms with Crippen LogP contribution in [0.2, 0.25) is 0 Å². The van der Waals surface area contributed by atoms with Crippen molar-refractivity contribution < 1.29 is 26.7 Å². The van der Waals surface area contributed by atoms with Gasteiger partial charge < -0.3 is 10.1 Å². The summed E-state index contributed by atoms with van der Waals surface area (Å²) in [6, 6.07) is 1.04. The van der Waals surface area contributed by atoms with Crippen LogP contribution in [0.5, 0.6) is 0 Å². The number of carbonyl (C=O) groups excluding carboxylic acids is 1. The molecular weight excluding hydrogens is 316 g/mol. The minimum atomic E-state index is -4.26. The van der Waals surface area contributed by atoms with E-state index in [1.165, 1.54) is 0 Å². The minimum absolute atomic E-state index is 0.223. The Balaban J connectivity index is 2.95. The highest BCUT2D eigenvalue weighted by Gasteiger charge is 2.19. The van der Waals surface area contributed by atoms with Crippen LogP contribution in [-0.4, -0.2) is 27.0 Å². The molecule has 0 heterocycles. The Morgan fingerprint density at radius 3 is 2.25 bits per heavy atom. The molecule has 0 aliphatic rings. The van der Waals surface area contributed by atoms with E-state index in [0.717, 1.165) is 0 Å². The molecule has 0 radical (unpaired) electrons. The van der Waals surface area contributed by atoms with Crippen LogP contribution in [0.1, 0.15) is 13.8 Å². The lowest BCUT2D eigenvalue weighted by molar-refractivity contribution is -0.122. The first-order valence-electron chi connectivity index (χ1n) is 5.46. The van der Waals surface area contributed by atoms with Gasteiger partial charge in [-0.2, -0.15) is 0 Å². The number of hydrogen-bond acceptors (Lipinski definition) is 4. The number of benzene rings is 1. The average molecular weight is 328 g/mol. The second-order valence-corrected chi connectivity index (χ2v) is 6.67. The third-order valence-corrected chi connectivity index (χ3v) is 3.44. The molecule has 0 aromatic heterocycles. The van der Waals surface area contributed by atoms with Crippen molar-refractivity contribution in [1.29, 1.82) is 0 Å². The van der Waals surface area contributed by atoms with Crippen molar-refractivity contribution >= 4 is 31.3 Å². The highest BCUT2D eigenvalue weighted by atomic mass is 35.7. The van der Waals surface area contributed by atoms with Crippen LogP contribution >= 0.6 is 10.7 Å². The van der Waals surface area contributed by atoms with Crippen LogP contribution in [0.15, 0.2) is 17.0 Å². The third-order valence-electron chi connectivity index (χ3n) is 2.11. The maximum Gasteiger partial charge on any atom is 0.261 e. The maximum atomic E-state index is 13.6. The second-order valence-electron chi connectivity index (χ2n) is 4.11. The fourth-order valence-corrected chi connectivity index (χ4v) is 1.98. The van der Waals surface area contributed by atoms with E-state index in [2.05, 4.69) is 0 Å². The molecule has 20 heavy (non-hydrogen) atoms. The van der Waals surface area contributed by atoms with Gasteiger partial charge in [0.05, 0.1) is 11.0 Å². The van der Waals surface area contributed by atoms with Crippen molar-refractivity contribution in [2.45, 2.75) is 24.8 Å². The Labute approximate surface area is 119 Å². The number of carbonyl (C=O) groups is 1. The molecule has 1 aromatic rings. The van der Waals surface area contributed by atoms with Gasteiger partial charge in [-0.3, -0.25) is 4.79 Å². The van der Waals surface area contributed by atoms with Crippen molar-refractivity contribution in [1.82, 2.24) is 0 Å². The summed E-state index contributed by atoms with van der Waals surface area (Å²) in [4.78, 5) is 10.7. The van der Waals surface area contributed by atoms with E-state index in [4.69, 9.17) is 15.4 Å². The van der Waals surface area contributed by atoms with Gasteiger partial charge >= 0.3 is 0 Å². The van der Waals surface area contributed by atoms with Crippen LogP contribution < -0.4 is 5.32 Å². The number of ether oxygens (including phenoxy) is 1. The number of rotatable bonds is 5. The monoisotopic (exact) mass is 327 g/mol. The molecule has 1 amide bonds. The Bertz CT molecular complexity index is 596. The summed E-state index contributed by atoms with van der Waals surface area (Å²) in [6.07, 6.45) is -0.223. The van der Waals surface area contributed by atoms with Gasteiger partial charge in [-0.05, 0) is 26.0 Å². The maximum absolute atomic E-state index is 13.6. The van der Waals surface area contributed by atoms with Gasteiger partial charge in [-0.15, -0.1) is 0 Å². The fraction of sp³-hybridized carbons (Fsp3) is 0.364.